The van der Waals surface area contributed by atoms with Crippen LogP contribution in [0.4, 0.5) is 0 Å². The lowest BCUT2D eigenvalue weighted by molar-refractivity contribution is 0.242. The van der Waals surface area contributed by atoms with Gasteiger partial charge >= 0.3 is 0 Å². The van der Waals surface area contributed by atoms with E-state index in [1.54, 1.807) is 11.8 Å². The molecular weight excluding hydrogens is 332 g/mol. The Morgan fingerprint density at radius 1 is 1.16 bits per heavy atom. The van der Waals surface area contributed by atoms with Crippen LogP contribution in [0, 0.1) is 13.8 Å². The van der Waals surface area contributed by atoms with Crippen LogP contribution in [0.2, 0.25) is 0 Å². The Balaban J connectivity index is 1.42. The third-order valence-corrected chi connectivity index (χ3v) is 5.84. The first-order valence-corrected chi connectivity index (χ1v) is 9.97. The molecule has 4 rings (SSSR count). The molecule has 3 aromatic rings. The summed E-state index contributed by atoms with van der Waals surface area (Å²) < 4.78 is 5.87. The Labute approximate surface area is 152 Å². The molecule has 0 amide bonds. The summed E-state index contributed by atoms with van der Waals surface area (Å²) in [6, 6.07) is 6.25. The van der Waals surface area contributed by atoms with Gasteiger partial charge in [-0.2, -0.15) is 0 Å². The third-order valence-electron chi connectivity index (χ3n) is 5.04. The first-order chi connectivity index (χ1) is 12.2. The van der Waals surface area contributed by atoms with Crippen molar-refractivity contribution in [2.45, 2.75) is 38.3 Å². The Kier molecular flexibility index (Phi) is 4.81. The van der Waals surface area contributed by atoms with Gasteiger partial charge in [-0.3, -0.25) is 0 Å². The van der Waals surface area contributed by atoms with Crippen molar-refractivity contribution in [2.75, 3.05) is 25.4 Å². The summed E-state index contributed by atoms with van der Waals surface area (Å²) in [7, 11) is 0. The van der Waals surface area contributed by atoms with E-state index in [0.29, 0.717) is 11.1 Å². The summed E-state index contributed by atoms with van der Waals surface area (Å²) in [5, 5.41) is 10.3. The molecule has 1 aliphatic heterocycles. The zero-order chi connectivity index (χ0) is 17.2. The predicted octanol–water partition coefficient (Wildman–Crippen LogP) is 4.41. The Hall–Kier alpha value is -1.79. The van der Waals surface area contributed by atoms with Crippen molar-refractivity contribution in [2.24, 2.45) is 0 Å². The van der Waals surface area contributed by atoms with Crippen LogP contribution in [0.15, 0.2) is 27.8 Å². The van der Waals surface area contributed by atoms with Crippen molar-refractivity contribution < 1.29 is 4.42 Å². The van der Waals surface area contributed by atoms with E-state index in [1.807, 2.05) is 6.07 Å². The maximum absolute atomic E-state index is 5.87. The summed E-state index contributed by atoms with van der Waals surface area (Å²) in [6.45, 7) is 7.78. The predicted molar refractivity (Wildman–Crippen MR) is 102 cm³/mol. The monoisotopic (exact) mass is 356 g/mol. The van der Waals surface area contributed by atoms with Crippen LogP contribution >= 0.6 is 11.8 Å². The number of aromatic amines is 1. The number of benzene rings is 1. The summed E-state index contributed by atoms with van der Waals surface area (Å²) >= 11 is 1.65. The first kappa shape index (κ1) is 16.7. The second-order valence-electron chi connectivity index (χ2n) is 6.76. The minimum Gasteiger partial charge on any atom is -0.411 e. The molecule has 1 fully saturated rings. The molecule has 1 aliphatic rings. The Morgan fingerprint density at radius 2 is 2.00 bits per heavy atom. The van der Waals surface area contributed by atoms with E-state index >= 15 is 0 Å². The van der Waals surface area contributed by atoms with Gasteiger partial charge in [0.1, 0.15) is 0 Å². The molecule has 3 heterocycles. The smallest absolute Gasteiger partial charge is 0.276 e. The molecule has 1 N–H and O–H groups in total. The van der Waals surface area contributed by atoms with Crippen LogP contribution < -0.4 is 0 Å². The standard InChI is InChI=1S/C19H24N4OS/c1-13-14(2)20-17-7-6-15(12-16(13)17)18-21-22-19(24-18)25-11-10-23-8-4-3-5-9-23/h6-7,12,20H,3-5,8-11H2,1-2H3. The van der Waals surface area contributed by atoms with Crippen molar-refractivity contribution in [1.82, 2.24) is 20.1 Å². The minimum atomic E-state index is 0.598. The van der Waals surface area contributed by atoms with Gasteiger partial charge in [0.25, 0.3) is 5.22 Å². The molecule has 6 heteroatoms. The number of nitrogens with one attached hydrogen (secondary N) is 1. The number of likely N-dealkylation sites (tertiary alicyclic amines) is 1. The lowest BCUT2D eigenvalue weighted by atomic mass is 10.1. The molecule has 1 aromatic carbocycles. The van der Waals surface area contributed by atoms with Gasteiger partial charge in [-0.15, -0.1) is 10.2 Å². The van der Waals surface area contributed by atoms with Crippen molar-refractivity contribution in [3.63, 3.8) is 0 Å². The van der Waals surface area contributed by atoms with E-state index in [1.165, 1.54) is 49.0 Å². The van der Waals surface area contributed by atoms with E-state index in [4.69, 9.17) is 4.42 Å². The highest BCUT2D eigenvalue weighted by Gasteiger charge is 2.13. The van der Waals surface area contributed by atoms with Crippen molar-refractivity contribution in [3.05, 3.63) is 29.5 Å². The zero-order valence-corrected chi connectivity index (χ0v) is 15.7. The topological polar surface area (TPSA) is 58.0 Å². The van der Waals surface area contributed by atoms with Gasteiger partial charge in [0.2, 0.25) is 5.89 Å². The van der Waals surface area contributed by atoms with E-state index in [0.717, 1.165) is 23.4 Å². The van der Waals surface area contributed by atoms with Gasteiger partial charge in [0.15, 0.2) is 0 Å². The van der Waals surface area contributed by atoms with Crippen molar-refractivity contribution in [3.8, 4) is 11.5 Å². The molecule has 5 nitrogen and oxygen atoms in total. The van der Waals surface area contributed by atoms with Crippen molar-refractivity contribution in [1.29, 1.82) is 0 Å². The van der Waals surface area contributed by atoms with E-state index in [9.17, 15) is 0 Å². The Morgan fingerprint density at radius 3 is 2.84 bits per heavy atom. The maximum atomic E-state index is 5.87. The van der Waals surface area contributed by atoms with Crippen LogP contribution in [-0.2, 0) is 0 Å². The highest BCUT2D eigenvalue weighted by Crippen LogP contribution is 2.28. The Bertz CT molecular complexity index is 864. The van der Waals surface area contributed by atoms with Crippen LogP contribution in [0.25, 0.3) is 22.4 Å². The minimum absolute atomic E-state index is 0.598. The van der Waals surface area contributed by atoms with Crippen LogP contribution in [0.1, 0.15) is 30.5 Å². The van der Waals surface area contributed by atoms with Gasteiger partial charge in [-0.1, -0.05) is 18.2 Å². The van der Waals surface area contributed by atoms with Gasteiger partial charge in [0.05, 0.1) is 0 Å². The molecule has 0 bridgehead atoms. The number of hydrogen-bond acceptors (Lipinski definition) is 5. The molecule has 132 valence electrons. The second-order valence-corrected chi connectivity index (χ2v) is 7.81. The molecule has 0 spiro atoms. The number of aryl methyl sites for hydroxylation is 2. The first-order valence-electron chi connectivity index (χ1n) is 8.98. The number of hydrogen-bond donors (Lipinski definition) is 1. The third kappa shape index (κ3) is 3.60. The van der Waals surface area contributed by atoms with E-state index < -0.39 is 0 Å². The molecule has 2 aromatic heterocycles. The van der Waals surface area contributed by atoms with Gasteiger partial charge in [-0.05, 0) is 63.5 Å². The average Bonchev–Trinajstić information content (AvgIpc) is 3.21. The van der Waals surface area contributed by atoms with Crippen molar-refractivity contribution >= 4 is 22.7 Å². The number of nitrogens with zero attached hydrogens (tertiary/aromatic N) is 3. The maximum Gasteiger partial charge on any atom is 0.276 e. The lowest BCUT2D eigenvalue weighted by Gasteiger charge is -2.25. The summed E-state index contributed by atoms with van der Waals surface area (Å²) in [5.41, 5.74) is 4.60. The van der Waals surface area contributed by atoms with Crippen LogP contribution in [0.3, 0.4) is 0 Å². The SMILES string of the molecule is Cc1[nH]c2ccc(-c3nnc(SCCN4CCCCC4)o3)cc2c1C. The molecule has 0 atom stereocenters. The summed E-state index contributed by atoms with van der Waals surface area (Å²) in [5.74, 6) is 1.59. The largest absolute Gasteiger partial charge is 0.411 e. The molecule has 1 saturated heterocycles. The number of piperidine rings is 1. The number of fused-ring (bicyclic) bond motifs is 1. The van der Waals surface area contributed by atoms with Gasteiger partial charge < -0.3 is 14.3 Å². The van der Waals surface area contributed by atoms with E-state index in [-0.39, 0.29) is 0 Å². The highest BCUT2D eigenvalue weighted by atomic mass is 32.2. The van der Waals surface area contributed by atoms with Gasteiger partial charge in [0, 0.05) is 34.5 Å². The number of rotatable bonds is 5. The molecule has 25 heavy (non-hydrogen) atoms. The van der Waals surface area contributed by atoms with Crippen LogP contribution in [-0.4, -0.2) is 45.5 Å². The fourth-order valence-electron chi connectivity index (χ4n) is 3.42. The summed E-state index contributed by atoms with van der Waals surface area (Å²) in [4.78, 5) is 5.92. The van der Waals surface area contributed by atoms with Crippen LogP contribution in [0.5, 0.6) is 0 Å². The van der Waals surface area contributed by atoms with Gasteiger partial charge in [-0.25, -0.2) is 0 Å². The molecule has 0 radical (unpaired) electrons. The van der Waals surface area contributed by atoms with E-state index in [2.05, 4.69) is 46.1 Å². The summed E-state index contributed by atoms with van der Waals surface area (Å²) in [6.07, 6.45) is 4.03. The zero-order valence-electron chi connectivity index (χ0n) is 14.8. The number of aromatic nitrogens is 3. The highest BCUT2D eigenvalue weighted by molar-refractivity contribution is 7.99. The molecule has 0 saturated carbocycles. The molecule has 0 aliphatic carbocycles. The normalized spacial score (nSPS) is 15.9. The lowest BCUT2D eigenvalue weighted by Crippen LogP contribution is -2.31. The fraction of sp³-hybridized carbons (Fsp3) is 0.474. The fourth-order valence-corrected chi connectivity index (χ4v) is 4.18. The number of H-pyrrole nitrogens is 1. The molecule has 0 unspecified atom stereocenters. The molecular formula is C19H24N4OS. The number of thioether (sulfide) groups is 1. The average molecular weight is 356 g/mol. The second kappa shape index (κ2) is 7.22. The quantitative estimate of drug-likeness (QED) is 0.686.